The molecule has 10 heteroatoms. The highest BCUT2D eigenvalue weighted by Crippen LogP contribution is 2.29. The molecule has 1 aliphatic heterocycles. The Bertz CT molecular complexity index is 769. The van der Waals surface area contributed by atoms with Gasteiger partial charge in [0.2, 0.25) is 0 Å². The molecular formula is C14H15N3O6P+. The number of para-hydroxylation sites is 1. The molecule has 0 aliphatic carbocycles. The first-order chi connectivity index (χ1) is 11.6. The Kier molecular flexibility index (Phi) is 5.17. The van der Waals surface area contributed by atoms with Crippen molar-refractivity contribution in [2.24, 2.45) is 0 Å². The van der Waals surface area contributed by atoms with Crippen LogP contribution in [0.15, 0.2) is 47.4 Å². The van der Waals surface area contributed by atoms with E-state index in [-0.39, 0.29) is 19.0 Å². The van der Waals surface area contributed by atoms with Crippen molar-refractivity contribution < 1.29 is 23.1 Å². The zero-order valence-corrected chi connectivity index (χ0v) is 13.4. The third-order valence-corrected chi connectivity index (χ3v) is 3.85. The summed E-state index contributed by atoms with van der Waals surface area (Å²) in [5.41, 5.74) is 4.90. The summed E-state index contributed by atoms with van der Waals surface area (Å²) < 4.78 is 34.1. The quantitative estimate of drug-likeness (QED) is 0.777. The number of anilines is 1. The summed E-state index contributed by atoms with van der Waals surface area (Å²) in [6, 6.07) is 10.1. The van der Waals surface area contributed by atoms with Gasteiger partial charge in [0, 0.05) is 10.8 Å². The van der Waals surface area contributed by atoms with Crippen LogP contribution in [0, 0.1) is 0 Å². The Hall–Kier alpha value is -2.32. The zero-order chi connectivity index (χ0) is 16.9. The van der Waals surface area contributed by atoms with E-state index in [1.165, 1.54) is 16.8 Å². The van der Waals surface area contributed by atoms with Crippen LogP contribution < -0.4 is 15.9 Å². The lowest BCUT2D eigenvalue weighted by atomic mass is 10.3. The largest absolute Gasteiger partial charge is 0.750 e. The fourth-order valence-electron chi connectivity index (χ4n) is 2.04. The number of hydrogen-bond donors (Lipinski definition) is 1. The van der Waals surface area contributed by atoms with E-state index in [1.807, 2.05) is 6.07 Å². The van der Waals surface area contributed by atoms with Crippen molar-refractivity contribution >= 4 is 14.1 Å². The predicted octanol–water partition coefficient (Wildman–Crippen LogP) is 1.45. The minimum Gasteiger partial charge on any atom is -0.383 e. The number of nitrogen functional groups attached to an aromatic ring is 1. The number of rotatable bonds is 6. The summed E-state index contributed by atoms with van der Waals surface area (Å²) in [7, 11) is -2.36. The van der Waals surface area contributed by atoms with Crippen LogP contribution in [0.25, 0.3) is 0 Å². The molecule has 1 aliphatic rings. The van der Waals surface area contributed by atoms with Crippen LogP contribution in [-0.2, 0) is 18.6 Å². The van der Waals surface area contributed by atoms with E-state index in [9.17, 15) is 9.36 Å². The molecule has 2 N–H and O–H groups in total. The number of aromatic nitrogens is 2. The second-order valence-electron chi connectivity index (χ2n) is 4.82. The van der Waals surface area contributed by atoms with Gasteiger partial charge in [0.1, 0.15) is 5.82 Å². The fourth-order valence-corrected chi connectivity index (χ4v) is 2.63. The molecule has 2 heterocycles. The van der Waals surface area contributed by atoms with Crippen molar-refractivity contribution in [1.82, 2.24) is 9.55 Å². The zero-order valence-electron chi connectivity index (χ0n) is 12.5. The average molecular weight is 352 g/mol. The molecule has 1 fully saturated rings. The predicted molar refractivity (Wildman–Crippen MR) is 83.4 cm³/mol. The molecule has 126 valence electrons. The molecule has 3 rings (SSSR count). The maximum Gasteiger partial charge on any atom is 0.750 e. The van der Waals surface area contributed by atoms with Gasteiger partial charge in [-0.3, -0.25) is 4.57 Å². The van der Waals surface area contributed by atoms with Gasteiger partial charge in [0.05, 0.1) is 6.61 Å². The second kappa shape index (κ2) is 7.50. The van der Waals surface area contributed by atoms with Crippen LogP contribution in [0.4, 0.5) is 5.82 Å². The van der Waals surface area contributed by atoms with Crippen LogP contribution in [0.3, 0.4) is 0 Å². The second-order valence-corrected chi connectivity index (χ2v) is 5.71. The van der Waals surface area contributed by atoms with Crippen LogP contribution in [0.1, 0.15) is 6.23 Å². The Balaban J connectivity index is 1.49. The van der Waals surface area contributed by atoms with E-state index in [4.69, 9.17) is 24.3 Å². The normalized spacial score (nSPS) is 20.8. The summed E-state index contributed by atoms with van der Waals surface area (Å²) >= 11 is 0. The molecule has 1 saturated heterocycles. The van der Waals surface area contributed by atoms with E-state index in [1.54, 1.807) is 24.3 Å². The lowest BCUT2D eigenvalue weighted by Crippen LogP contribution is -2.28. The highest BCUT2D eigenvalue weighted by Gasteiger charge is 2.32. The molecule has 0 saturated carbocycles. The maximum absolute atomic E-state index is 11.7. The molecule has 24 heavy (non-hydrogen) atoms. The van der Waals surface area contributed by atoms with Gasteiger partial charge in [0.25, 0.3) is 0 Å². The van der Waals surface area contributed by atoms with E-state index >= 15 is 0 Å². The van der Waals surface area contributed by atoms with Gasteiger partial charge < -0.3 is 15.2 Å². The van der Waals surface area contributed by atoms with Crippen LogP contribution in [-0.4, -0.2) is 29.1 Å². The number of nitrogens with two attached hydrogens (primary N) is 1. The maximum atomic E-state index is 11.7. The number of ether oxygens (including phenoxy) is 2. The third kappa shape index (κ3) is 4.15. The van der Waals surface area contributed by atoms with Gasteiger partial charge in [-0.15, -0.1) is 4.52 Å². The first-order valence-corrected chi connectivity index (χ1v) is 8.16. The Labute approximate surface area is 137 Å². The van der Waals surface area contributed by atoms with E-state index < -0.39 is 26.5 Å². The van der Waals surface area contributed by atoms with Gasteiger partial charge in [-0.2, -0.15) is 4.98 Å². The van der Waals surface area contributed by atoms with E-state index in [2.05, 4.69) is 4.98 Å². The molecule has 1 aromatic heterocycles. The Morgan fingerprint density at radius 1 is 1.33 bits per heavy atom. The summed E-state index contributed by atoms with van der Waals surface area (Å²) in [6.45, 7) is 0.0333. The van der Waals surface area contributed by atoms with E-state index in [0.717, 1.165) is 0 Å². The topological polar surface area (TPSA) is 115 Å². The number of nitrogens with zero attached hydrogens (tertiary/aromatic N) is 2. The van der Waals surface area contributed by atoms with Crippen molar-refractivity contribution in [3.63, 3.8) is 0 Å². The minimum atomic E-state index is -2.36. The van der Waals surface area contributed by atoms with Crippen LogP contribution in [0.5, 0.6) is 5.75 Å². The van der Waals surface area contributed by atoms with Gasteiger partial charge in [-0.25, -0.2) is 9.32 Å². The minimum absolute atomic E-state index is 0.101. The molecule has 3 atom stereocenters. The fraction of sp³-hybridized carbons (Fsp3) is 0.286. The monoisotopic (exact) mass is 352 g/mol. The van der Waals surface area contributed by atoms with Crippen molar-refractivity contribution in [3.05, 3.63) is 53.1 Å². The van der Waals surface area contributed by atoms with Crippen molar-refractivity contribution in [2.45, 2.75) is 12.5 Å². The number of hydrogen-bond acceptors (Lipinski definition) is 8. The molecule has 0 spiro atoms. The number of benzene rings is 1. The highest BCUT2D eigenvalue weighted by atomic mass is 31.1. The summed E-state index contributed by atoms with van der Waals surface area (Å²) in [6.07, 6.45) is 0.0610. The smallest absolute Gasteiger partial charge is 0.383 e. The molecule has 1 aromatic carbocycles. The molecule has 0 amide bonds. The summed E-state index contributed by atoms with van der Waals surface area (Å²) in [4.78, 5) is 15.4. The van der Waals surface area contributed by atoms with Gasteiger partial charge >= 0.3 is 13.9 Å². The summed E-state index contributed by atoms with van der Waals surface area (Å²) in [5.74, 6) is 0.564. The van der Waals surface area contributed by atoms with Gasteiger partial charge in [0.15, 0.2) is 24.9 Å². The Morgan fingerprint density at radius 2 is 2.12 bits per heavy atom. The molecular weight excluding hydrogens is 337 g/mol. The van der Waals surface area contributed by atoms with E-state index in [0.29, 0.717) is 5.75 Å². The van der Waals surface area contributed by atoms with Crippen molar-refractivity contribution in [1.29, 1.82) is 0 Å². The van der Waals surface area contributed by atoms with Crippen molar-refractivity contribution in [3.8, 4) is 5.75 Å². The van der Waals surface area contributed by atoms with Crippen LogP contribution in [0.2, 0.25) is 0 Å². The molecule has 2 aromatic rings. The third-order valence-electron chi connectivity index (χ3n) is 3.13. The average Bonchev–Trinajstić information content (AvgIpc) is 3.02. The lowest BCUT2D eigenvalue weighted by molar-refractivity contribution is -0.0939. The highest BCUT2D eigenvalue weighted by molar-refractivity contribution is 7.33. The standard InChI is InChI=1S/C14H14N3O6P/c15-11-6-7-17(14(18)16-11)12-8-20-13(22-12)9-21-24(19)23-10-4-2-1-3-5-10/h1-7,12-13H,8-9H2,(H-,15,16,18)/p+1/t12-,13-/m0/s1. The first-order valence-electron chi connectivity index (χ1n) is 7.07. The lowest BCUT2D eigenvalue weighted by Gasteiger charge is -2.11. The van der Waals surface area contributed by atoms with Gasteiger partial charge in [-0.05, 0) is 18.2 Å². The molecule has 0 radical (unpaired) electrons. The Morgan fingerprint density at radius 3 is 2.88 bits per heavy atom. The van der Waals surface area contributed by atoms with Gasteiger partial charge in [-0.1, -0.05) is 18.2 Å². The molecule has 9 nitrogen and oxygen atoms in total. The first kappa shape index (κ1) is 16.5. The summed E-state index contributed by atoms with van der Waals surface area (Å²) in [5, 5.41) is 0. The van der Waals surface area contributed by atoms with Crippen molar-refractivity contribution in [2.75, 3.05) is 18.9 Å². The molecule has 0 bridgehead atoms. The van der Waals surface area contributed by atoms with Crippen LogP contribution >= 0.6 is 8.25 Å². The SMILES string of the molecule is Nc1ccn([C@@H]2CO[C@H](CO[P+](=O)Oc3ccccc3)O2)c(=O)n1. The molecule has 1 unspecified atom stereocenters.